The normalized spacial score (nSPS) is 12.3. The van der Waals surface area contributed by atoms with Crippen LogP contribution in [-0.4, -0.2) is 0 Å². The van der Waals surface area contributed by atoms with E-state index in [-0.39, 0.29) is 0 Å². The summed E-state index contributed by atoms with van der Waals surface area (Å²) in [7, 11) is 0. The predicted octanol–water partition coefficient (Wildman–Crippen LogP) is 5.68. The molecule has 0 heteroatoms. The van der Waals surface area contributed by atoms with E-state index in [0.717, 1.165) is 0 Å². The van der Waals surface area contributed by atoms with Gasteiger partial charge in [0, 0.05) is 0 Å². The second-order valence-electron chi connectivity index (χ2n) is 5.89. The number of hydrogen-bond acceptors (Lipinski definition) is 0. The van der Waals surface area contributed by atoms with E-state index in [1.807, 2.05) is 0 Å². The number of hydrogen-bond donors (Lipinski definition) is 0. The van der Waals surface area contributed by atoms with Crippen LogP contribution < -0.4 is 0 Å². The van der Waals surface area contributed by atoms with Gasteiger partial charge in [0.15, 0.2) is 0 Å². The Morgan fingerprint density at radius 3 is 2.25 bits per heavy atom. The van der Waals surface area contributed by atoms with Crippen LogP contribution >= 0.6 is 0 Å². The first-order chi connectivity index (χ1) is 9.69. The Morgan fingerprint density at radius 1 is 0.900 bits per heavy atom. The Balaban J connectivity index is 1.85. The highest BCUT2D eigenvalue weighted by molar-refractivity contribution is 5.26. The maximum atomic E-state index is 2.30. The molecule has 2 rings (SSSR count). The van der Waals surface area contributed by atoms with E-state index < -0.39 is 0 Å². The quantitative estimate of drug-likeness (QED) is 0.630. The van der Waals surface area contributed by atoms with Crippen molar-refractivity contribution in [2.24, 2.45) is 0 Å². The van der Waals surface area contributed by atoms with Crippen molar-refractivity contribution in [3.05, 3.63) is 70.8 Å². The van der Waals surface area contributed by atoms with Gasteiger partial charge in [-0.25, -0.2) is 0 Å². The molecule has 0 aliphatic heterocycles. The fraction of sp³-hybridized carbons (Fsp3) is 0.400. The van der Waals surface area contributed by atoms with Gasteiger partial charge in [-0.3, -0.25) is 0 Å². The summed E-state index contributed by atoms with van der Waals surface area (Å²) in [4.78, 5) is 0. The standard InChI is InChI=1S/C20H26/c1-4-17(3)20-13-11-18(12-14-20)8-6-10-19-9-5-7-16(2)15-19/h5,7,9,11-15,17H,4,6,8,10H2,1-3H3. The summed E-state index contributed by atoms with van der Waals surface area (Å²) in [6.45, 7) is 6.71. The van der Waals surface area contributed by atoms with Gasteiger partial charge in [-0.05, 0) is 55.2 Å². The highest BCUT2D eigenvalue weighted by atomic mass is 14.1. The topological polar surface area (TPSA) is 0 Å². The average molecular weight is 266 g/mol. The van der Waals surface area contributed by atoms with Crippen molar-refractivity contribution in [2.75, 3.05) is 0 Å². The lowest BCUT2D eigenvalue weighted by Crippen LogP contribution is -1.94. The molecular weight excluding hydrogens is 240 g/mol. The molecule has 0 saturated heterocycles. The Kier molecular flexibility index (Phi) is 5.40. The monoisotopic (exact) mass is 266 g/mol. The minimum atomic E-state index is 0.677. The summed E-state index contributed by atoms with van der Waals surface area (Å²) in [6, 6.07) is 18.1. The van der Waals surface area contributed by atoms with E-state index in [0.29, 0.717) is 5.92 Å². The van der Waals surface area contributed by atoms with Crippen LogP contribution in [0.3, 0.4) is 0 Å². The first-order valence-corrected chi connectivity index (χ1v) is 7.83. The predicted molar refractivity (Wildman–Crippen MR) is 88.4 cm³/mol. The first kappa shape index (κ1) is 14.8. The number of aryl methyl sites for hydroxylation is 3. The van der Waals surface area contributed by atoms with Crippen LogP contribution in [0.15, 0.2) is 48.5 Å². The maximum absolute atomic E-state index is 2.30. The third-order valence-corrected chi connectivity index (χ3v) is 4.17. The highest BCUT2D eigenvalue weighted by Crippen LogP contribution is 2.19. The molecule has 0 radical (unpaired) electrons. The summed E-state index contributed by atoms with van der Waals surface area (Å²) >= 11 is 0. The minimum absolute atomic E-state index is 0.677. The zero-order valence-corrected chi connectivity index (χ0v) is 13.0. The second kappa shape index (κ2) is 7.28. The van der Waals surface area contributed by atoms with E-state index in [1.165, 1.54) is 47.9 Å². The molecule has 2 aromatic carbocycles. The number of benzene rings is 2. The fourth-order valence-corrected chi connectivity index (χ4v) is 2.61. The molecule has 106 valence electrons. The van der Waals surface area contributed by atoms with Gasteiger partial charge in [-0.1, -0.05) is 67.9 Å². The Morgan fingerprint density at radius 2 is 1.60 bits per heavy atom. The summed E-state index contributed by atoms with van der Waals surface area (Å²) in [6.07, 6.45) is 4.79. The third-order valence-electron chi connectivity index (χ3n) is 4.17. The van der Waals surface area contributed by atoms with Crippen LogP contribution in [0.4, 0.5) is 0 Å². The molecule has 0 bridgehead atoms. The Labute approximate surface area is 123 Å². The fourth-order valence-electron chi connectivity index (χ4n) is 2.61. The lowest BCUT2D eigenvalue weighted by Gasteiger charge is -2.10. The van der Waals surface area contributed by atoms with Gasteiger partial charge in [0.1, 0.15) is 0 Å². The molecule has 0 aliphatic carbocycles. The molecule has 0 spiro atoms. The molecule has 0 fully saturated rings. The van der Waals surface area contributed by atoms with Gasteiger partial charge >= 0.3 is 0 Å². The molecule has 0 amide bonds. The van der Waals surface area contributed by atoms with Gasteiger partial charge < -0.3 is 0 Å². The Bertz CT molecular complexity index is 522. The van der Waals surface area contributed by atoms with Crippen molar-refractivity contribution < 1.29 is 0 Å². The van der Waals surface area contributed by atoms with E-state index in [2.05, 4.69) is 69.3 Å². The molecule has 20 heavy (non-hydrogen) atoms. The van der Waals surface area contributed by atoms with Crippen molar-refractivity contribution >= 4 is 0 Å². The summed E-state index contributed by atoms with van der Waals surface area (Å²) in [5, 5.41) is 0. The van der Waals surface area contributed by atoms with Crippen LogP contribution in [0, 0.1) is 6.92 Å². The van der Waals surface area contributed by atoms with Crippen molar-refractivity contribution in [2.45, 2.75) is 52.4 Å². The molecule has 1 unspecified atom stereocenters. The number of rotatable bonds is 6. The summed E-state index contributed by atoms with van der Waals surface area (Å²) in [5.41, 5.74) is 5.75. The lowest BCUT2D eigenvalue weighted by atomic mass is 9.96. The van der Waals surface area contributed by atoms with Gasteiger partial charge in [-0.2, -0.15) is 0 Å². The van der Waals surface area contributed by atoms with Gasteiger partial charge in [-0.15, -0.1) is 0 Å². The zero-order chi connectivity index (χ0) is 14.4. The Hall–Kier alpha value is -1.56. The van der Waals surface area contributed by atoms with Gasteiger partial charge in [0.25, 0.3) is 0 Å². The lowest BCUT2D eigenvalue weighted by molar-refractivity contribution is 0.732. The molecule has 0 N–H and O–H groups in total. The maximum Gasteiger partial charge on any atom is -0.0193 e. The van der Waals surface area contributed by atoms with Crippen LogP contribution in [0.1, 0.15) is 54.9 Å². The van der Waals surface area contributed by atoms with Gasteiger partial charge in [0.2, 0.25) is 0 Å². The molecule has 0 heterocycles. The highest BCUT2D eigenvalue weighted by Gasteiger charge is 2.02. The van der Waals surface area contributed by atoms with E-state index >= 15 is 0 Å². The van der Waals surface area contributed by atoms with Crippen LogP contribution in [0.2, 0.25) is 0 Å². The van der Waals surface area contributed by atoms with Crippen molar-refractivity contribution in [1.82, 2.24) is 0 Å². The zero-order valence-electron chi connectivity index (χ0n) is 13.0. The second-order valence-corrected chi connectivity index (χ2v) is 5.89. The third kappa shape index (κ3) is 4.23. The molecule has 2 aromatic rings. The van der Waals surface area contributed by atoms with E-state index in [9.17, 15) is 0 Å². The van der Waals surface area contributed by atoms with E-state index in [1.54, 1.807) is 0 Å². The van der Waals surface area contributed by atoms with Crippen LogP contribution in [-0.2, 0) is 12.8 Å². The average Bonchev–Trinajstić information content (AvgIpc) is 2.47. The summed E-state index contributed by atoms with van der Waals surface area (Å²) in [5.74, 6) is 0.677. The largest absolute Gasteiger partial charge is 0.0648 e. The molecular formula is C20H26. The molecule has 0 aromatic heterocycles. The molecule has 0 nitrogen and oxygen atoms in total. The van der Waals surface area contributed by atoms with Crippen LogP contribution in [0.5, 0.6) is 0 Å². The van der Waals surface area contributed by atoms with E-state index in [4.69, 9.17) is 0 Å². The molecule has 0 saturated carbocycles. The minimum Gasteiger partial charge on any atom is -0.0648 e. The molecule has 1 atom stereocenters. The SMILES string of the molecule is CCC(C)c1ccc(CCCc2cccc(C)c2)cc1. The van der Waals surface area contributed by atoms with Crippen molar-refractivity contribution in [1.29, 1.82) is 0 Å². The summed E-state index contributed by atoms with van der Waals surface area (Å²) < 4.78 is 0. The molecule has 0 aliphatic rings. The first-order valence-electron chi connectivity index (χ1n) is 7.83. The van der Waals surface area contributed by atoms with Crippen LogP contribution in [0.25, 0.3) is 0 Å². The smallest absolute Gasteiger partial charge is 0.0193 e. The van der Waals surface area contributed by atoms with Crippen molar-refractivity contribution in [3.8, 4) is 0 Å². The van der Waals surface area contributed by atoms with Crippen molar-refractivity contribution in [3.63, 3.8) is 0 Å². The van der Waals surface area contributed by atoms with Gasteiger partial charge in [0.05, 0.1) is 0 Å².